The van der Waals surface area contributed by atoms with Crippen molar-refractivity contribution >= 4 is 17.4 Å². The highest BCUT2D eigenvalue weighted by Gasteiger charge is 2.18. The summed E-state index contributed by atoms with van der Waals surface area (Å²) in [6, 6.07) is 10.6. The second-order valence-corrected chi connectivity index (χ2v) is 6.14. The van der Waals surface area contributed by atoms with E-state index >= 15 is 0 Å². The Kier molecular flexibility index (Phi) is 6.42. The van der Waals surface area contributed by atoms with Crippen LogP contribution in [0.1, 0.15) is 24.2 Å². The molecule has 1 aliphatic rings. The zero-order valence-electron chi connectivity index (χ0n) is 15.4. The Morgan fingerprint density at radius 2 is 2.14 bits per heavy atom. The monoisotopic (exact) mass is 384 g/mol. The van der Waals surface area contributed by atoms with Crippen molar-refractivity contribution in [3.63, 3.8) is 0 Å². The van der Waals surface area contributed by atoms with Gasteiger partial charge in [-0.1, -0.05) is 6.07 Å². The molecule has 3 N–H and O–H groups in total. The van der Waals surface area contributed by atoms with Crippen LogP contribution in [0.25, 0.3) is 0 Å². The first kappa shape index (κ1) is 19.6. The molecule has 8 heteroatoms. The molecule has 7 nitrogen and oxygen atoms in total. The Balaban J connectivity index is 1.70. The van der Waals surface area contributed by atoms with Crippen LogP contribution in [0, 0.1) is 17.1 Å². The van der Waals surface area contributed by atoms with Crippen LogP contribution >= 0.6 is 0 Å². The van der Waals surface area contributed by atoms with Gasteiger partial charge in [-0.3, -0.25) is 0 Å². The first-order chi connectivity index (χ1) is 13.6. The van der Waals surface area contributed by atoms with Crippen LogP contribution < -0.4 is 20.7 Å². The van der Waals surface area contributed by atoms with Crippen molar-refractivity contribution in [3.8, 4) is 11.8 Å². The maximum atomic E-state index is 14.4. The molecule has 0 radical (unpaired) electrons. The smallest absolute Gasteiger partial charge is 0.323 e. The van der Waals surface area contributed by atoms with Crippen LogP contribution in [0.5, 0.6) is 5.75 Å². The minimum atomic E-state index is -0.640. The van der Waals surface area contributed by atoms with Crippen molar-refractivity contribution in [1.29, 1.82) is 5.26 Å². The van der Waals surface area contributed by atoms with Gasteiger partial charge >= 0.3 is 6.03 Å². The van der Waals surface area contributed by atoms with Gasteiger partial charge in [-0.05, 0) is 42.8 Å². The van der Waals surface area contributed by atoms with Crippen molar-refractivity contribution in [1.82, 2.24) is 5.32 Å². The van der Waals surface area contributed by atoms with E-state index in [1.807, 2.05) is 13.0 Å². The summed E-state index contributed by atoms with van der Waals surface area (Å²) in [5, 5.41) is 17.3. The Bertz CT molecular complexity index is 892. The number of morpholine rings is 1. The summed E-state index contributed by atoms with van der Waals surface area (Å²) in [5.41, 5.74) is 1.45. The quantitative estimate of drug-likeness (QED) is 0.734. The van der Waals surface area contributed by atoms with E-state index in [9.17, 15) is 9.18 Å². The molecule has 0 aromatic heterocycles. The lowest BCUT2D eigenvalue weighted by atomic mass is 10.1. The zero-order valence-corrected chi connectivity index (χ0v) is 15.4. The zero-order chi connectivity index (χ0) is 19.9. The van der Waals surface area contributed by atoms with Crippen LogP contribution in [-0.4, -0.2) is 32.3 Å². The number of amides is 2. The molecule has 0 saturated carbocycles. The average Bonchev–Trinajstić information content (AvgIpc) is 2.71. The Morgan fingerprint density at radius 1 is 1.32 bits per heavy atom. The number of halogens is 1. The number of anilines is 2. The third-order valence-electron chi connectivity index (χ3n) is 4.20. The maximum absolute atomic E-state index is 14.4. The summed E-state index contributed by atoms with van der Waals surface area (Å²) in [7, 11) is 0. The fraction of sp³-hybridized carbons (Fsp3) is 0.300. The minimum absolute atomic E-state index is 0.0411. The summed E-state index contributed by atoms with van der Waals surface area (Å²) >= 11 is 0. The summed E-state index contributed by atoms with van der Waals surface area (Å²) < 4.78 is 25.5. The highest BCUT2D eigenvalue weighted by molar-refractivity contribution is 6.00. The van der Waals surface area contributed by atoms with Crippen molar-refractivity contribution in [2.45, 2.75) is 13.0 Å². The van der Waals surface area contributed by atoms with Gasteiger partial charge in [0.25, 0.3) is 0 Å². The molecule has 1 fully saturated rings. The van der Waals surface area contributed by atoms with E-state index in [1.165, 1.54) is 18.2 Å². The first-order valence-electron chi connectivity index (χ1n) is 8.97. The predicted molar refractivity (Wildman–Crippen MR) is 103 cm³/mol. The summed E-state index contributed by atoms with van der Waals surface area (Å²) in [4.78, 5) is 12.3. The molecule has 2 amide bonds. The van der Waals surface area contributed by atoms with E-state index in [-0.39, 0.29) is 11.8 Å². The number of nitriles is 1. The van der Waals surface area contributed by atoms with Gasteiger partial charge < -0.3 is 25.4 Å². The van der Waals surface area contributed by atoms with Gasteiger partial charge in [0.15, 0.2) is 0 Å². The number of ether oxygens (including phenoxy) is 2. The molecule has 0 spiro atoms. The lowest BCUT2D eigenvalue weighted by molar-refractivity contribution is 0.0275. The third-order valence-corrected chi connectivity index (χ3v) is 4.20. The molecule has 0 bridgehead atoms. The number of carbonyl (C=O) groups excluding carboxylic acids is 1. The second-order valence-electron chi connectivity index (χ2n) is 6.14. The molecule has 28 heavy (non-hydrogen) atoms. The number of rotatable bonds is 5. The first-order valence-corrected chi connectivity index (χ1v) is 8.97. The summed E-state index contributed by atoms with van der Waals surface area (Å²) in [5.74, 6) is -0.132. The molecular formula is C20H21FN4O3. The van der Waals surface area contributed by atoms with Crippen LogP contribution in [0.4, 0.5) is 20.6 Å². The molecule has 146 valence electrons. The SMILES string of the molecule is CCOc1ccc(C#N)cc1NC(=O)Nc1ccc([C@H]2CNCCO2)cc1F. The van der Waals surface area contributed by atoms with Crippen LogP contribution in [0.3, 0.4) is 0 Å². The largest absolute Gasteiger partial charge is 0.492 e. The van der Waals surface area contributed by atoms with Gasteiger partial charge in [0.2, 0.25) is 0 Å². The van der Waals surface area contributed by atoms with E-state index in [1.54, 1.807) is 18.2 Å². The number of hydrogen-bond acceptors (Lipinski definition) is 5. The molecule has 3 rings (SSSR count). The van der Waals surface area contributed by atoms with Gasteiger partial charge in [0.1, 0.15) is 11.6 Å². The van der Waals surface area contributed by atoms with E-state index in [4.69, 9.17) is 14.7 Å². The summed E-state index contributed by atoms with van der Waals surface area (Å²) in [6.45, 7) is 4.16. The molecule has 1 saturated heterocycles. The molecule has 2 aromatic rings. The predicted octanol–water partition coefficient (Wildman–Crippen LogP) is 3.40. The molecular weight excluding hydrogens is 363 g/mol. The van der Waals surface area contributed by atoms with E-state index in [0.717, 1.165) is 6.54 Å². The number of urea groups is 1. The van der Waals surface area contributed by atoms with E-state index in [2.05, 4.69) is 16.0 Å². The molecule has 1 aliphatic heterocycles. The number of carbonyl (C=O) groups is 1. The fourth-order valence-electron chi connectivity index (χ4n) is 2.87. The van der Waals surface area contributed by atoms with Gasteiger partial charge in [-0.2, -0.15) is 5.26 Å². The summed E-state index contributed by atoms with van der Waals surface area (Å²) in [6.07, 6.45) is -0.214. The Hall–Kier alpha value is -3.15. The van der Waals surface area contributed by atoms with Gasteiger partial charge in [0.05, 0.1) is 42.3 Å². The third kappa shape index (κ3) is 4.76. The molecule has 1 heterocycles. The lowest BCUT2D eigenvalue weighted by Gasteiger charge is -2.24. The van der Waals surface area contributed by atoms with Crippen molar-refractivity contribution in [2.75, 3.05) is 36.9 Å². The van der Waals surface area contributed by atoms with E-state index in [0.29, 0.717) is 42.3 Å². The van der Waals surface area contributed by atoms with Crippen molar-refractivity contribution in [2.24, 2.45) is 0 Å². The highest BCUT2D eigenvalue weighted by atomic mass is 19.1. The molecule has 0 aliphatic carbocycles. The van der Waals surface area contributed by atoms with Crippen molar-refractivity contribution < 1.29 is 18.7 Å². The van der Waals surface area contributed by atoms with Crippen LogP contribution in [0.2, 0.25) is 0 Å². The second kappa shape index (κ2) is 9.17. The lowest BCUT2D eigenvalue weighted by Crippen LogP contribution is -2.33. The maximum Gasteiger partial charge on any atom is 0.323 e. The van der Waals surface area contributed by atoms with Crippen molar-refractivity contribution in [3.05, 3.63) is 53.3 Å². The van der Waals surface area contributed by atoms with Crippen LogP contribution in [-0.2, 0) is 4.74 Å². The number of hydrogen-bond donors (Lipinski definition) is 3. The normalized spacial score (nSPS) is 16.1. The Morgan fingerprint density at radius 3 is 2.82 bits per heavy atom. The van der Waals surface area contributed by atoms with Gasteiger partial charge in [0, 0.05) is 13.1 Å². The fourth-order valence-corrected chi connectivity index (χ4v) is 2.87. The molecule has 0 unspecified atom stereocenters. The highest BCUT2D eigenvalue weighted by Crippen LogP contribution is 2.27. The van der Waals surface area contributed by atoms with Gasteiger partial charge in [-0.25, -0.2) is 9.18 Å². The average molecular weight is 384 g/mol. The van der Waals surface area contributed by atoms with Crippen LogP contribution in [0.15, 0.2) is 36.4 Å². The standard InChI is InChI=1S/C20H21FN4O3/c1-2-27-18-6-3-13(11-22)9-17(18)25-20(26)24-16-5-4-14(10-15(16)21)19-12-23-7-8-28-19/h3-6,9-10,19,23H,2,7-8,12H2,1H3,(H2,24,25,26)/t19-/m1/s1. The number of nitrogens with zero attached hydrogens (tertiary/aromatic N) is 1. The number of nitrogens with one attached hydrogen (secondary N) is 3. The Labute approximate surface area is 162 Å². The molecule has 1 atom stereocenters. The van der Waals surface area contributed by atoms with E-state index < -0.39 is 11.8 Å². The number of benzene rings is 2. The van der Waals surface area contributed by atoms with Gasteiger partial charge in [-0.15, -0.1) is 0 Å². The topological polar surface area (TPSA) is 95.4 Å². The molecule has 2 aromatic carbocycles. The minimum Gasteiger partial charge on any atom is -0.492 e.